The minimum Gasteiger partial charge on any atom is -0.462 e. The molecule has 10 nitrogen and oxygen atoms in total. The Hall–Kier alpha value is -3.69. The van der Waals surface area contributed by atoms with Gasteiger partial charge in [0.25, 0.3) is 5.69 Å². The highest BCUT2D eigenvalue weighted by Gasteiger charge is 2.23. The van der Waals surface area contributed by atoms with Crippen molar-refractivity contribution < 1.29 is 28.7 Å². The number of nitrogens with two attached hydrogens (primary N) is 1. The van der Waals surface area contributed by atoms with Crippen molar-refractivity contribution in [1.29, 1.82) is 0 Å². The van der Waals surface area contributed by atoms with Crippen molar-refractivity contribution in [2.45, 2.75) is 13.8 Å². The fourth-order valence-electron chi connectivity index (χ4n) is 2.10. The van der Waals surface area contributed by atoms with Gasteiger partial charge in [-0.15, -0.1) is 0 Å². The van der Waals surface area contributed by atoms with Crippen LogP contribution < -0.4 is 10.5 Å². The highest BCUT2D eigenvalue weighted by molar-refractivity contribution is 5.94. The molecule has 1 aromatic carbocycles. The van der Waals surface area contributed by atoms with Crippen molar-refractivity contribution in [3.05, 3.63) is 51.7 Å². The normalized spacial score (nSPS) is 10.1. The highest BCUT2D eigenvalue weighted by atomic mass is 16.6. The predicted octanol–water partition coefficient (Wildman–Crippen LogP) is 2.72. The Labute approximate surface area is 154 Å². The second-order valence-electron chi connectivity index (χ2n) is 5.07. The van der Waals surface area contributed by atoms with Crippen LogP contribution in [0.3, 0.4) is 0 Å². The van der Waals surface area contributed by atoms with Crippen molar-refractivity contribution >= 4 is 23.3 Å². The number of carbonyl (C=O) groups is 2. The molecule has 0 fully saturated rings. The number of benzene rings is 1. The lowest BCUT2D eigenvalue weighted by molar-refractivity contribution is -0.385. The summed E-state index contributed by atoms with van der Waals surface area (Å²) in [6.07, 6.45) is 0. The molecule has 0 aliphatic heterocycles. The third-order valence-electron chi connectivity index (χ3n) is 3.25. The molecule has 142 valence electrons. The average Bonchev–Trinajstić information content (AvgIpc) is 2.63. The molecule has 0 saturated carbocycles. The van der Waals surface area contributed by atoms with E-state index in [9.17, 15) is 19.7 Å². The number of carbonyl (C=O) groups excluding carboxylic acids is 2. The Kier molecular flexibility index (Phi) is 6.26. The van der Waals surface area contributed by atoms with E-state index in [0.29, 0.717) is 0 Å². The summed E-state index contributed by atoms with van der Waals surface area (Å²) in [5, 5.41) is 11.1. The van der Waals surface area contributed by atoms with Crippen LogP contribution in [0.5, 0.6) is 11.6 Å². The van der Waals surface area contributed by atoms with Gasteiger partial charge in [-0.2, -0.15) is 0 Å². The molecular formula is C17H17N3O7. The van der Waals surface area contributed by atoms with Crippen LogP contribution in [0.2, 0.25) is 0 Å². The number of ether oxygens (including phenoxy) is 3. The molecule has 0 radical (unpaired) electrons. The fraction of sp³-hybridized carbons (Fsp3) is 0.235. The molecule has 0 unspecified atom stereocenters. The number of hydrogen-bond donors (Lipinski definition) is 1. The summed E-state index contributed by atoms with van der Waals surface area (Å²) in [4.78, 5) is 38.2. The van der Waals surface area contributed by atoms with Crippen LogP contribution in [0.15, 0.2) is 30.3 Å². The van der Waals surface area contributed by atoms with Crippen LogP contribution in [-0.4, -0.2) is 35.1 Å². The molecule has 0 saturated heterocycles. The number of aromatic nitrogens is 1. The molecule has 0 atom stereocenters. The summed E-state index contributed by atoms with van der Waals surface area (Å²) in [5.41, 5.74) is 5.01. The number of nitro benzene ring substituents is 1. The smallest absolute Gasteiger partial charge is 0.359 e. The van der Waals surface area contributed by atoms with E-state index in [1.165, 1.54) is 18.2 Å². The third kappa shape index (κ3) is 4.69. The number of nitro groups is 1. The maximum atomic E-state index is 12.0. The molecule has 0 amide bonds. The molecule has 2 aromatic rings. The van der Waals surface area contributed by atoms with Crippen LogP contribution in [0.1, 0.15) is 34.7 Å². The third-order valence-corrected chi connectivity index (χ3v) is 3.25. The Morgan fingerprint density at radius 3 is 2.41 bits per heavy atom. The van der Waals surface area contributed by atoms with Crippen molar-refractivity contribution in [2.75, 3.05) is 18.9 Å². The van der Waals surface area contributed by atoms with Gasteiger partial charge in [-0.1, -0.05) is 0 Å². The molecule has 2 N–H and O–H groups in total. The predicted molar refractivity (Wildman–Crippen MR) is 93.7 cm³/mol. The molecule has 0 bridgehead atoms. The zero-order chi connectivity index (χ0) is 20.0. The molecule has 2 rings (SSSR count). The van der Waals surface area contributed by atoms with Gasteiger partial charge in [0.2, 0.25) is 5.88 Å². The van der Waals surface area contributed by atoms with Crippen molar-refractivity contribution in [3.63, 3.8) is 0 Å². The standard InChI is InChI=1S/C17H17N3O7/c1-3-25-16(21)11-9-10(5-7-13(11)20(23)24)27-14-8-6-12(18)15(19-14)17(22)26-4-2/h5-9H,3-4,18H2,1-2H3. The lowest BCUT2D eigenvalue weighted by Gasteiger charge is -2.10. The van der Waals surface area contributed by atoms with E-state index in [-0.39, 0.29) is 41.8 Å². The van der Waals surface area contributed by atoms with Gasteiger partial charge in [0, 0.05) is 18.2 Å². The summed E-state index contributed by atoms with van der Waals surface area (Å²) in [7, 11) is 0. The van der Waals surface area contributed by atoms with Crippen LogP contribution >= 0.6 is 0 Å². The fourth-order valence-corrected chi connectivity index (χ4v) is 2.10. The Morgan fingerprint density at radius 1 is 1.11 bits per heavy atom. The Bertz CT molecular complexity index is 883. The van der Waals surface area contributed by atoms with E-state index in [4.69, 9.17) is 19.9 Å². The van der Waals surface area contributed by atoms with E-state index in [2.05, 4.69) is 4.98 Å². The number of hydrogen-bond acceptors (Lipinski definition) is 9. The van der Waals surface area contributed by atoms with Crippen molar-refractivity contribution in [3.8, 4) is 11.6 Å². The quantitative estimate of drug-likeness (QED) is 0.438. The van der Waals surface area contributed by atoms with E-state index >= 15 is 0 Å². The second-order valence-corrected chi connectivity index (χ2v) is 5.07. The second kappa shape index (κ2) is 8.61. The molecule has 10 heteroatoms. The van der Waals surface area contributed by atoms with Gasteiger partial charge in [0.15, 0.2) is 5.69 Å². The zero-order valence-corrected chi connectivity index (χ0v) is 14.6. The van der Waals surface area contributed by atoms with Gasteiger partial charge in [-0.05, 0) is 26.0 Å². The molecule has 0 aliphatic carbocycles. The zero-order valence-electron chi connectivity index (χ0n) is 14.6. The molecule has 1 aromatic heterocycles. The van der Waals surface area contributed by atoms with Gasteiger partial charge in [0.1, 0.15) is 11.3 Å². The summed E-state index contributed by atoms with van der Waals surface area (Å²) >= 11 is 0. The van der Waals surface area contributed by atoms with Crippen LogP contribution in [0, 0.1) is 10.1 Å². The number of rotatable bonds is 7. The average molecular weight is 375 g/mol. The first-order valence-electron chi connectivity index (χ1n) is 7.94. The lowest BCUT2D eigenvalue weighted by Crippen LogP contribution is -2.11. The molecule has 0 spiro atoms. The van der Waals surface area contributed by atoms with Gasteiger partial charge < -0.3 is 19.9 Å². The number of nitrogen functional groups attached to an aromatic ring is 1. The van der Waals surface area contributed by atoms with E-state index in [0.717, 1.165) is 12.1 Å². The van der Waals surface area contributed by atoms with Gasteiger partial charge in [0.05, 0.1) is 23.8 Å². The molecule has 0 aliphatic rings. The van der Waals surface area contributed by atoms with Crippen molar-refractivity contribution in [2.24, 2.45) is 0 Å². The molecule has 1 heterocycles. The lowest BCUT2D eigenvalue weighted by atomic mass is 10.1. The summed E-state index contributed by atoms with van der Waals surface area (Å²) in [5.74, 6) is -1.48. The largest absolute Gasteiger partial charge is 0.462 e. The first-order valence-corrected chi connectivity index (χ1v) is 7.94. The summed E-state index contributed by atoms with van der Waals surface area (Å²) in [6.45, 7) is 3.43. The Morgan fingerprint density at radius 2 is 1.78 bits per heavy atom. The minimum absolute atomic E-state index is 0.00378. The topological polar surface area (TPSA) is 144 Å². The van der Waals surface area contributed by atoms with E-state index in [1.807, 2.05) is 0 Å². The molecular weight excluding hydrogens is 358 g/mol. The highest BCUT2D eigenvalue weighted by Crippen LogP contribution is 2.28. The van der Waals surface area contributed by atoms with E-state index < -0.39 is 22.5 Å². The number of pyridine rings is 1. The van der Waals surface area contributed by atoms with E-state index in [1.54, 1.807) is 13.8 Å². The number of nitrogens with zero attached hydrogens (tertiary/aromatic N) is 2. The Balaban J connectivity index is 2.36. The number of esters is 2. The van der Waals surface area contributed by atoms with Crippen LogP contribution in [0.4, 0.5) is 11.4 Å². The molecule has 27 heavy (non-hydrogen) atoms. The van der Waals surface area contributed by atoms with Gasteiger partial charge >= 0.3 is 11.9 Å². The minimum atomic E-state index is -0.855. The van der Waals surface area contributed by atoms with Gasteiger partial charge in [-0.3, -0.25) is 10.1 Å². The summed E-state index contributed by atoms with van der Waals surface area (Å²) < 4.78 is 15.2. The van der Waals surface area contributed by atoms with Crippen molar-refractivity contribution in [1.82, 2.24) is 4.98 Å². The number of anilines is 1. The van der Waals surface area contributed by atoms with Crippen LogP contribution in [0.25, 0.3) is 0 Å². The summed E-state index contributed by atoms with van der Waals surface area (Å²) in [6, 6.07) is 6.39. The first-order chi connectivity index (χ1) is 12.9. The van der Waals surface area contributed by atoms with Crippen LogP contribution in [-0.2, 0) is 9.47 Å². The SMILES string of the molecule is CCOC(=O)c1cc(Oc2ccc(N)c(C(=O)OCC)n2)ccc1[N+](=O)[O-]. The monoisotopic (exact) mass is 375 g/mol. The maximum Gasteiger partial charge on any atom is 0.359 e. The maximum absolute atomic E-state index is 12.0. The first kappa shape index (κ1) is 19.6. The van der Waals surface area contributed by atoms with Gasteiger partial charge in [-0.25, -0.2) is 14.6 Å².